The minimum absolute atomic E-state index is 0.0329. The third-order valence-electron chi connectivity index (χ3n) is 2.09. The van der Waals surface area contributed by atoms with Crippen LogP contribution in [0.1, 0.15) is 5.56 Å². The third-order valence-corrected chi connectivity index (χ3v) is 2.09. The first-order valence-corrected chi connectivity index (χ1v) is 5.32. The summed E-state index contributed by atoms with van der Waals surface area (Å²) >= 11 is 0. The van der Waals surface area contributed by atoms with Gasteiger partial charge in [0.05, 0.1) is 7.11 Å². The number of ketones is 1. The number of hydrogen-bond donors (Lipinski definition) is 0. The maximum atomic E-state index is 11.4. The summed E-state index contributed by atoms with van der Waals surface area (Å²) < 4.78 is 5.05. The molecule has 0 radical (unpaired) electrons. The monoisotopic (exact) mass is 231 g/mol. The summed E-state index contributed by atoms with van der Waals surface area (Å²) in [5, 5.41) is 0. The zero-order chi connectivity index (χ0) is 12.7. The van der Waals surface area contributed by atoms with Gasteiger partial charge in [-0.15, -0.1) is 0 Å². The van der Waals surface area contributed by atoms with Crippen LogP contribution < -0.4 is 4.74 Å². The van der Waals surface area contributed by atoms with Crippen LogP contribution in [0.2, 0.25) is 0 Å². The van der Waals surface area contributed by atoms with Gasteiger partial charge in [-0.1, -0.05) is 18.2 Å². The molecule has 0 spiro atoms. The number of nitrogens with zero attached hydrogens (tertiary/aromatic N) is 1. The lowest BCUT2D eigenvalue weighted by atomic mass is 10.2. The molecule has 0 aliphatic heterocycles. The third kappa shape index (κ3) is 5.02. The second kappa shape index (κ2) is 6.53. The molecule has 0 heterocycles. The van der Waals surface area contributed by atoms with E-state index in [-0.39, 0.29) is 5.78 Å². The predicted molar refractivity (Wildman–Crippen MR) is 69.9 cm³/mol. The molecule has 0 N–H and O–H groups in total. The van der Waals surface area contributed by atoms with Crippen LogP contribution in [-0.4, -0.2) is 31.9 Å². The van der Waals surface area contributed by atoms with Crippen LogP contribution in [0.4, 0.5) is 0 Å². The topological polar surface area (TPSA) is 29.5 Å². The fraction of sp³-hybridized carbons (Fsp3) is 0.214. The summed E-state index contributed by atoms with van der Waals surface area (Å²) in [7, 11) is 5.37. The molecule has 0 aliphatic rings. The number of methoxy groups -OCH3 is 1. The lowest BCUT2D eigenvalue weighted by molar-refractivity contribution is -0.110. The fourth-order valence-corrected chi connectivity index (χ4v) is 1.17. The van der Waals surface area contributed by atoms with Gasteiger partial charge in [-0.2, -0.15) is 0 Å². The Kier molecular flexibility index (Phi) is 5.01. The molecule has 3 nitrogen and oxygen atoms in total. The van der Waals surface area contributed by atoms with Gasteiger partial charge < -0.3 is 9.64 Å². The highest BCUT2D eigenvalue weighted by Crippen LogP contribution is 2.12. The van der Waals surface area contributed by atoms with E-state index in [2.05, 4.69) is 0 Å². The van der Waals surface area contributed by atoms with Gasteiger partial charge in [0.2, 0.25) is 0 Å². The molecule has 0 unspecified atom stereocenters. The van der Waals surface area contributed by atoms with Crippen molar-refractivity contribution >= 4 is 11.9 Å². The van der Waals surface area contributed by atoms with Crippen LogP contribution in [0.25, 0.3) is 6.08 Å². The minimum Gasteiger partial charge on any atom is -0.497 e. The largest absolute Gasteiger partial charge is 0.497 e. The van der Waals surface area contributed by atoms with E-state index in [1.807, 2.05) is 43.3 Å². The van der Waals surface area contributed by atoms with Crippen LogP contribution in [0.15, 0.2) is 42.6 Å². The Labute approximate surface area is 102 Å². The average Bonchev–Trinajstić information content (AvgIpc) is 2.34. The van der Waals surface area contributed by atoms with E-state index in [0.717, 1.165) is 11.3 Å². The summed E-state index contributed by atoms with van der Waals surface area (Å²) in [6, 6.07) is 7.52. The highest BCUT2D eigenvalue weighted by Gasteiger charge is 1.92. The van der Waals surface area contributed by atoms with E-state index < -0.39 is 0 Å². The number of carbonyl (C=O) groups excluding carboxylic acids is 1. The zero-order valence-corrected chi connectivity index (χ0v) is 10.4. The number of rotatable bonds is 5. The van der Waals surface area contributed by atoms with Gasteiger partial charge in [-0.05, 0) is 23.8 Å². The van der Waals surface area contributed by atoms with E-state index in [9.17, 15) is 4.79 Å². The lowest BCUT2D eigenvalue weighted by Crippen LogP contribution is -2.01. The molecule has 0 aromatic heterocycles. The molecule has 0 saturated heterocycles. The first-order valence-electron chi connectivity index (χ1n) is 5.32. The van der Waals surface area contributed by atoms with Crippen molar-refractivity contribution in [3.05, 3.63) is 48.2 Å². The van der Waals surface area contributed by atoms with Crippen molar-refractivity contribution < 1.29 is 9.53 Å². The van der Waals surface area contributed by atoms with Gasteiger partial charge in [-0.3, -0.25) is 4.79 Å². The Bertz CT molecular complexity index is 416. The molecule has 1 aromatic carbocycles. The molecule has 1 rings (SSSR count). The molecule has 1 aromatic rings. The van der Waals surface area contributed by atoms with Crippen LogP contribution in [-0.2, 0) is 4.79 Å². The van der Waals surface area contributed by atoms with E-state index in [1.54, 1.807) is 25.5 Å². The van der Waals surface area contributed by atoms with Crippen molar-refractivity contribution in [1.82, 2.24) is 4.90 Å². The van der Waals surface area contributed by atoms with Gasteiger partial charge >= 0.3 is 0 Å². The number of allylic oxidation sites excluding steroid dienone is 2. The number of ether oxygens (including phenoxy) is 1. The normalized spacial score (nSPS) is 11.0. The van der Waals surface area contributed by atoms with E-state index in [4.69, 9.17) is 4.74 Å². The van der Waals surface area contributed by atoms with Crippen molar-refractivity contribution in [1.29, 1.82) is 0 Å². The number of carbonyl (C=O) groups is 1. The van der Waals surface area contributed by atoms with Crippen LogP contribution >= 0.6 is 0 Å². The molecule has 90 valence electrons. The van der Waals surface area contributed by atoms with E-state index >= 15 is 0 Å². The van der Waals surface area contributed by atoms with Gasteiger partial charge in [-0.25, -0.2) is 0 Å². The van der Waals surface area contributed by atoms with E-state index in [1.165, 1.54) is 6.08 Å². The smallest absolute Gasteiger partial charge is 0.180 e. The molecule has 0 atom stereocenters. The minimum atomic E-state index is -0.0329. The highest BCUT2D eigenvalue weighted by atomic mass is 16.5. The summed E-state index contributed by atoms with van der Waals surface area (Å²) in [5.74, 6) is 0.774. The fourth-order valence-electron chi connectivity index (χ4n) is 1.17. The molecule has 0 amide bonds. The Balaban J connectivity index is 2.60. The number of hydrogen-bond acceptors (Lipinski definition) is 3. The van der Waals surface area contributed by atoms with Gasteiger partial charge in [0.1, 0.15) is 5.75 Å². The molecular weight excluding hydrogens is 214 g/mol. The molecular formula is C14H17NO2. The quantitative estimate of drug-likeness (QED) is 0.728. The maximum Gasteiger partial charge on any atom is 0.180 e. The van der Waals surface area contributed by atoms with Crippen molar-refractivity contribution in [3.63, 3.8) is 0 Å². The van der Waals surface area contributed by atoms with Gasteiger partial charge in [0.15, 0.2) is 5.78 Å². The molecule has 3 heteroatoms. The lowest BCUT2D eigenvalue weighted by Gasteiger charge is -2.01. The summed E-state index contributed by atoms with van der Waals surface area (Å²) in [5.41, 5.74) is 0.970. The summed E-state index contributed by atoms with van der Waals surface area (Å²) in [4.78, 5) is 13.2. The standard InChI is InChI=1S/C14H17NO2/c1-15(2)11-10-13(16)7-4-12-5-8-14(17-3)9-6-12/h4-11H,1-3H3/b7-4+,11-10-. The number of benzene rings is 1. The first-order chi connectivity index (χ1) is 8.11. The second-order valence-corrected chi connectivity index (χ2v) is 3.79. The first kappa shape index (κ1) is 13.0. The molecule has 0 fully saturated rings. The maximum absolute atomic E-state index is 11.4. The van der Waals surface area contributed by atoms with Gasteiger partial charge in [0, 0.05) is 26.4 Å². The second-order valence-electron chi connectivity index (χ2n) is 3.79. The SMILES string of the molecule is COc1ccc(/C=C/C(=O)/C=C\N(C)C)cc1. The molecule has 0 bridgehead atoms. The van der Waals surface area contributed by atoms with Gasteiger partial charge in [0.25, 0.3) is 0 Å². The van der Waals surface area contributed by atoms with Crippen LogP contribution in [0, 0.1) is 0 Å². The van der Waals surface area contributed by atoms with Crippen LogP contribution in [0.5, 0.6) is 5.75 Å². The summed E-state index contributed by atoms with van der Waals surface area (Å²) in [6.45, 7) is 0. The van der Waals surface area contributed by atoms with Crippen molar-refractivity contribution in [3.8, 4) is 5.75 Å². The Morgan fingerprint density at radius 3 is 2.35 bits per heavy atom. The van der Waals surface area contributed by atoms with E-state index in [0.29, 0.717) is 0 Å². The Hall–Kier alpha value is -2.03. The van der Waals surface area contributed by atoms with Crippen molar-refractivity contribution in [2.45, 2.75) is 0 Å². The molecule has 0 aliphatic carbocycles. The Morgan fingerprint density at radius 1 is 1.18 bits per heavy atom. The zero-order valence-electron chi connectivity index (χ0n) is 10.4. The van der Waals surface area contributed by atoms with Crippen LogP contribution in [0.3, 0.4) is 0 Å². The molecule has 17 heavy (non-hydrogen) atoms. The highest BCUT2D eigenvalue weighted by molar-refractivity contribution is 6.01. The Morgan fingerprint density at radius 2 is 1.82 bits per heavy atom. The molecule has 0 saturated carbocycles. The predicted octanol–water partition coefficient (Wildman–Crippen LogP) is 2.35. The average molecular weight is 231 g/mol. The van der Waals surface area contributed by atoms with Crippen molar-refractivity contribution in [2.75, 3.05) is 21.2 Å². The van der Waals surface area contributed by atoms with Crippen molar-refractivity contribution in [2.24, 2.45) is 0 Å². The summed E-state index contributed by atoms with van der Waals surface area (Å²) in [6.07, 6.45) is 6.57.